The van der Waals surface area contributed by atoms with Gasteiger partial charge in [0.15, 0.2) is 0 Å². The smallest absolute Gasteiger partial charge is 0.321 e. The fourth-order valence-corrected chi connectivity index (χ4v) is 2.33. The molecule has 0 aliphatic heterocycles. The third-order valence-electron chi connectivity index (χ3n) is 3.55. The Bertz CT molecular complexity index is 554. The largest absolute Gasteiger partial charge is 0.481 e. The van der Waals surface area contributed by atoms with Crippen molar-refractivity contribution < 1.29 is 49.4 Å². The molecule has 160 valence electrons. The van der Waals surface area contributed by atoms with Crippen LogP contribution in [0, 0.1) is 0 Å². The average Bonchev–Trinajstić information content (AvgIpc) is 2.57. The van der Waals surface area contributed by atoms with E-state index >= 15 is 0 Å². The number of nitrogens with one attached hydrogen (secondary N) is 1. The predicted octanol–water partition coefficient (Wildman–Crippen LogP) is -1.70. The number of carboxylic acid groups (broad SMARTS) is 4. The van der Waals surface area contributed by atoms with E-state index in [9.17, 15) is 29.4 Å². The fraction of sp³-hybridized carbons (Fsp3) is 0.625. The number of carboxylic acids is 4. The summed E-state index contributed by atoms with van der Waals surface area (Å²) < 4.78 is 5.07. The highest BCUT2D eigenvalue weighted by atomic mass is 16.5. The summed E-state index contributed by atoms with van der Waals surface area (Å²) in [5, 5.41) is 48.4. The highest BCUT2D eigenvalue weighted by molar-refractivity contribution is 5.81. The number of hydrogen-bond acceptors (Lipinski definition) is 8. The zero-order valence-electron chi connectivity index (χ0n) is 15.2. The molecule has 3 unspecified atom stereocenters. The molecule has 6 N–H and O–H groups in total. The van der Waals surface area contributed by atoms with Crippen LogP contribution in [0.2, 0.25) is 0 Å². The minimum Gasteiger partial charge on any atom is -0.481 e. The number of aliphatic carboxylic acids is 4. The first-order valence-electron chi connectivity index (χ1n) is 8.31. The zero-order chi connectivity index (χ0) is 21.7. The second-order valence-electron chi connectivity index (χ2n) is 5.87. The molecule has 0 aromatic carbocycles. The van der Waals surface area contributed by atoms with Crippen LogP contribution >= 0.6 is 0 Å². The lowest BCUT2D eigenvalue weighted by molar-refractivity contribution is -0.150. The summed E-state index contributed by atoms with van der Waals surface area (Å²) in [7, 11) is 0. The monoisotopic (exact) mass is 406 g/mol. The summed E-state index contributed by atoms with van der Waals surface area (Å²) >= 11 is 0. The molecule has 0 fully saturated rings. The van der Waals surface area contributed by atoms with Gasteiger partial charge in [-0.15, -0.1) is 6.58 Å². The van der Waals surface area contributed by atoms with Gasteiger partial charge in [0, 0.05) is 19.6 Å². The SMILES string of the molecule is C=CCOCC(O)CN(CCNC(CC(=O)O)C(=O)O)C(CC(=O)O)C(=O)O. The van der Waals surface area contributed by atoms with Crippen LogP contribution in [0.25, 0.3) is 0 Å². The highest BCUT2D eigenvalue weighted by Gasteiger charge is 2.30. The number of aliphatic hydroxyl groups is 1. The Morgan fingerprint density at radius 1 is 1.04 bits per heavy atom. The number of nitrogens with zero attached hydrogens (tertiary/aromatic N) is 1. The molecule has 0 radical (unpaired) electrons. The lowest BCUT2D eigenvalue weighted by atomic mass is 10.1. The first kappa shape index (κ1) is 25.5. The molecule has 0 aromatic rings. The maximum absolute atomic E-state index is 11.4. The predicted molar refractivity (Wildman–Crippen MR) is 94.0 cm³/mol. The second kappa shape index (κ2) is 13.6. The fourth-order valence-electron chi connectivity index (χ4n) is 2.33. The van der Waals surface area contributed by atoms with E-state index in [4.69, 9.17) is 20.1 Å². The molecule has 0 aromatic heterocycles. The van der Waals surface area contributed by atoms with Crippen molar-refractivity contribution in [2.75, 3.05) is 32.8 Å². The number of carbonyl (C=O) groups is 4. The van der Waals surface area contributed by atoms with Gasteiger partial charge in [-0.3, -0.25) is 24.1 Å². The van der Waals surface area contributed by atoms with Gasteiger partial charge in [-0.2, -0.15) is 0 Å². The third-order valence-corrected chi connectivity index (χ3v) is 3.55. The maximum Gasteiger partial charge on any atom is 0.321 e. The summed E-state index contributed by atoms with van der Waals surface area (Å²) in [5.74, 6) is -5.52. The van der Waals surface area contributed by atoms with Gasteiger partial charge in [0.25, 0.3) is 0 Å². The van der Waals surface area contributed by atoms with Gasteiger partial charge < -0.3 is 35.6 Å². The van der Waals surface area contributed by atoms with E-state index in [0.717, 1.165) is 4.90 Å². The molecule has 0 bridgehead atoms. The number of aliphatic hydroxyl groups excluding tert-OH is 1. The van der Waals surface area contributed by atoms with E-state index in [1.54, 1.807) is 0 Å². The van der Waals surface area contributed by atoms with Crippen molar-refractivity contribution in [1.29, 1.82) is 0 Å². The molecular formula is C16H26N2O10. The second-order valence-corrected chi connectivity index (χ2v) is 5.87. The molecule has 12 heteroatoms. The lowest BCUT2D eigenvalue weighted by Gasteiger charge is -2.30. The van der Waals surface area contributed by atoms with Gasteiger partial charge in [0.2, 0.25) is 0 Å². The van der Waals surface area contributed by atoms with Gasteiger partial charge in [0.05, 0.1) is 32.2 Å². The molecule has 28 heavy (non-hydrogen) atoms. The number of rotatable bonds is 17. The van der Waals surface area contributed by atoms with Gasteiger partial charge >= 0.3 is 23.9 Å². The Hall–Kier alpha value is -2.54. The molecule has 0 spiro atoms. The molecule has 0 saturated carbocycles. The summed E-state index contributed by atoms with van der Waals surface area (Å²) in [4.78, 5) is 45.3. The molecule has 0 aliphatic rings. The summed E-state index contributed by atoms with van der Waals surface area (Å²) in [6.45, 7) is 2.91. The van der Waals surface area contributed by atoms with Crippen molar-refractivity contribution in [2.45, 2.75) is 31.0 Å². The first-order chi connectivity index (χ1) is 13.1. The van der Waals surface area contributed by atoms with Crippen molar-refractivity contribution >= 4 is 23.9 Å². The summed E-state index contributed by atoms with van der Waals surface area (Å²) in [5.41, 5.74) is 0. The molecule has 12 nitrogen and oxygen atoms in total. The average molecular weight is 406 g/mol. The van der Waals surface area contributed by atoms with Gasteiger partial charge in [-0.05, 0) is 0 Å². The van der Waals surface area contributed by atoms with Crippen LogP contribution in [0.3, 0.4) is 0 Å². The standard InChI is InChI=1S/C16H26N2O10/c1-2-5-28-9-10(19)8-18(12(16(26)27)7-14(22)23)4-3-17-11(15(24)25)6-13(20)21/h2,10-12,17,19H,1,3-9H2,(H,20,21)(H,22,23)(H,24,25)(H,26,27). The molecule has 3 atom stereocenters. The molecule has 0 aliphatic carbocycles. The quantitative estimate of drug-likeness (QED) is 0.118. The van der Waals surface area contributed by atoms with Crippen LogP contribution in [0.1, 0.15) is 12.8 Å². The zero-order valence-corrected chi connectivity index (χ0v) is 15.2. The van der Waals surface area contributed by atoms with Crippen LogP contribution in [-0.4, -0.2) is 105 Å². The van der Waals surface area contributed by atoms with Crippen molar-refractivity contribution in [3.05, 3.63) is 12.7 Å². The Labute approximate surface area is 161 Å². The van der Waals surface area contributed by atoms with Crippen molar-refractivity contribution in [3.63, 3.8) is 0 Å². The molecule has 0 saturated heterocycles. The minimum absolute atomic E-state index is 0.145. The maximum atomic E-state index is 11.4. The molecule has 0 heterocycles. The van der Waals surface area contributed by atoms with E-state index < -0.39 is 54.9 Å². The number of ether oxygens (including phenoxy) is 1. The van der Waals surface area contributed by atoms with Crippen LogP contribution in [0.15, 0.2) is 12.7 Å². The van der Waals surface area contributed by atoms with E-state index in [1.165, 1.54) is 6.08 Å². The molecule has 0 rings (SSSR count). The van der Waals surface area contributed by atoms with Crippen LogP contribution < -0.4 is 5.32 Å². The van der Waals surface area contributed by atoms with E-state index in [0.29, 0.717) is 0 Å². The van der Waals surface area contributed by atoms with E-state index in [-0.39, 0.29) is 32.8 Å². The van der Waals surface area contributed by atoms with Gasteiger partial charge in [0.1, 0.15) is 12.1 Å². The van der Waals surface area contributed by atoms with Crippen molar-refractivity contribution in [1.82, 2.24) is 10.2 Å². The lowest BCUT2D eigenvalue weighted by Crippen LogP contribution is -2.50. The normalized spacial score (nSPS) is 14.2. The van der Waals surface area contributed by atoms with Crippen molar-refractivity contribution in [2.24, 2.45) is 0 Å². The van der Waals surface area contributed by atoms with Crippen LogP contribution in [0.4, 0.5) is 0 Å². The Morgan fingerprint density at radius 2 is 1.64 bits per heavy atom. The minimum atomic E-state index is -1.48. The van der Waals surface area contributed by atoms with Gasteiger partial charge in [-0.1, -0.05) is 6.08 Å². The summed E-state index contributed by atoms with van der Waals surface area (Å²) in [6, 6.07) is -2.88. The Morgan fingerprint density at radius 3 is 2.11 bits per heavy atom. The van der Waals surface area contributed by atoms with Gasteiger partial charge in [-0.25, -0.2) is 0 Å². The Balaban J connectivity index is 5.06. The first-order valence-corrected chi connectivity index (χ1v) is 8.31. The van der Waals surface area contributed by atoms with Crippen LogP contribution in [-0.2, 0) is 23.9 Å². The topological polar surface area (TPSA) is 194 Å². The molecular weight excluding hydrogens is 380 g/mol. The van der Waals surface area contributed by atoms with Crippen LogP contribution in [0.5, 0.6) is 0 Å². The number of hydrogen-bond donors (Lipinski definition) is 6. The summed E-state index contributed by atoms with van der Waals surface area (Å²) in [6.07, 6.45) is -1.12. The highest BCUT2D eigenvalue weighted by Crippen LogP contribution is 2.07. The molecule has 0 amide bonds. The van der Waals surface area contributed by atoms with Crippen molar-refractivity contribution in [3.8, 4) is 0 Å². The third kappa shape index (κ3) is 11.2. The Kier molecular flexibility index (Phi) is 12.4. The van der Waals surface area contributed by atoms with E-state index in [1.807, 2.05) is 0 Å². The van der Waals surface area contributed by atoms with E-state index in [2.05, 4.69) is 11.9 Å².